The number of aromatic nitrogens is 1. The molecule has 0 atom stereocenters. The fraction of sp³-hybridized carbons (Fsp3) is 0.308. The van der Waals surface area contributed by atoms with Gasteiger partial charge in [0, 0.05) is 24.4 Å². The van der Waals surface area contributed by atoms with Gasteiger partial charge >= 0.3 is 0 Å². The van der Waals surface area contributed by atoms with Crippen LogP contribution in [0.25, 0.3) is 0 Å². The van der Waals surface area contributed by atoms with Crippen LogP contribution in [0.4, 0.5) is 5.69 Å². The first-order valence-electron chi connectivity index (χ1n) is 11.4. The Balaban J connectivity index is 1.45. The van der Waals surface area contributed by atoms with Gasteiger partial charge in [0.2, 0.25) is 5.88 Å². The summed E-state index contributed by atoms with van der Waals surface area (Å²) in [6.07, 6.45) is 6.31. The molecule has 1 aliphatic carbocycles. The summed E-state index contributed by atoms with van der Waals surface area (Å²) in [5.41, 5.74) is 3.17. The summed E-state index contributed by atoms with van der Waals surface area (Å²) in [6.45, 7) is 3.88. The van der Waals surface area contributed by atoms with E-state index in [1.807, 2.05) is 31.2 Å². The second-order valence-corrected chi connectivity index (χ2v) is 10.3. The highest BCUT2D eigenvalue weighted by molar-refractivity contribution is 7.92. The van der Waals surface area contributed by atoms with Crippen LogP contribution in [0.3, 0.4) is 0 Å². The van der Waals surface area contributed by atoms with Gasteiger partial charge in [0.1, 0.15) is 6.10 Å². The molecule has 0 saturated heterocycles. The predicted octanol–water partition coefficient (Wildman–Crippen LogP) is 4.75. The second kappa shape index (κ2) is 10.3. The fourth-order valence-electron chi connectivity index (χ4n) is 3.98. The summed E-state index contributed by atoms with van der Waals surface area (Å²) in [5, 5.41) is 2.88. The molecule has 1 aromatic heterocycles. The number of para-hydroxylation sites is 1. The van der Waals surface area contributed by atoms with E-state index in [1.165, 1.54) is 25.0 Å². The normalized spacial score (nSPS) is 14.1. The van der Waals surface area contributed by atoms with Crippen molar-refractivity contribution < 1.29 is 17.9 Å². The van der Waals surface area contributed by atoms with Crippen molar-refractivity contribution in [3.63, 3.8) is 0 Å². The largest absolute Gasteiger partial charge is 0.474 e. The smallest absolute Gasteiger partial charge is 0.261 e. The molecule has 1 heterocycles. The lowest BCUT2D eigenvalue weighted by atomic mass is 10.1. The number of amides is 1. The van der Waals surface area contributed by atoms with E-state index in [1.54, 1.807) is 31.3 Å². The Labute approximate surface area is 200 Å². The van der Waals surface area contributed by atoms with Crippen molar-refractivity contribution in [2.75, 3.05) is 4.72 Å². The summed E-state index contributed by atoms with van der Waals surface area (Å²) < 4.78 is 34.4. The van der Waals surface area contributed by atoms with Gasteiger partial charge in [0.15, 0.2) is 0 Å². The van der Waals surface area contributed by atoms with E-state index in [9.17, 15) is 13.2 Å². The molecule has 1 amide bonds. The van der Waals surface area contributed by atoms with Crippen LogP contribution in [0.15, 0.2) is 65.7 Å². The highest BCUT2D eigenvalue weighted by Gasteiger charge is 2.20. The summed E-state index contributed by atoms with van der Waals surface area (Å²) in [6, 6.07) is 15.3. The molecule has 34 heavy (non-hydrogen) atoms. The van der Waals surface area contributed by atoms with E-state index in [0.29, 0.717) is 22.7 Å². The van der Waals surface area contributed by atoms with Crippen LogP contribution in [0.5, 0.6) is 5.88 Å². The standard InChI is InChI=1S/C26H29N3O4S/c1-18-11-12-22(34(31,32)29-24-10-6-3-7-19(24)2)16-23(18)26(30)28-17-20-13-14-27-25(15-20)33-21-8-4-5-9-21/h3,6-7,10-16,21,29H,4-5,8-9,17H2,1-2H3,(H,28,30). The number of nitrogens with one attached hydrogen (secondary N) is 2. The first-order chi connectivity index (χ1) is 16.3. The summed E-state index contributed by atoms with van der Waals surface area (Å²) >= 11 is 0. The number of carbonyl (C=O) groups is 1. The number of pyridine rings is 1. The van der Waals surface area contributed by atoms with E-state index in [-0.39, 0.29) is 23.5 Å². The maximum absolute atomic E-state index is 12.9. The topological polar surface area (TPSA) is 97.4 Å². The molecule has 0 bridgehead atoms. The molecule has 7 nitrogen and oxygen atoms in total. The zero-order chi connectivity index (χ0) is 24.1. The van der Waals surface area contributed by atoms with E-state index in [2.05, 4.69) is 15.0 Å². The van der Waals surface area contributed by atoms with Crippen LogP contribution in [0, 0.1) is 13.8 Å². The minimum absolute atomic E-state index is 0.0302. The second-order valence-electron chi connectivity index (χ2n) is 8.61. The lowest BCUT2D eigenvalue weighted by molar-refractivity contribution is 0.0950. The maximum Gasteiger partial charge on any atom is 0.261 e. The van der Waals surface area contributed by atoms with E-state index in [0.717, 1.165) is 24.0 Å². The lowest BCUT2D eigenvalue weighted by Gasteiger charge is -2.14. The Hall–Kier alpha value is -3.39. The number of rotatable bonds is 8. The molecule has 4 rings (SSSR count). The average Bonchev–Trinajstić information content (AvgIpc) is 3.32. The predicted molar refractivity (Wildman–Crippen MR) is 131 cm³/mol. The molecule has 1 aliphatic rings. The molecule has 2 N–H and O–H groups in total. The summed E-state index contributed by atoms with van der Waals surface area (Å²) in [5.74, 6) is 0.214. The highest BCUT2D eigenvalue weighted by atomic mass is 32.2. The van der Waals surface area contributed by atoms with Crippen molar-refractivity contribution in [1.29, 1.82) is 0 Å². The van der Waals surface area contributed by atoms with Crippen molar-refractivity contribution in [2.24, 2.45) is 0 Å². The molecule has 1 fully saturated rings. The van der Waals surface area contributed by atoms with Crippen molar-refractivity contribution in [3.8, 4) is 5.88 Å². The molecule has 0 unspecified atom stereocenters. The maximum atomic E-state index is 12.9. The van der Waals surface area contributed by atoms with Crippen molar-refractivity contribution in [2.45, 2.75) is 57.1 Å². The van der Waals surface area contributed by atoms with E-state index in [4.69, 9.17) is 4.74 Å². The third kappa shape index (κ3) is 5.75. The van der Waals surface area contributed by atoms with E-state index >= 15 is 0 Å². The van der Waals surface area contributed by atoms with Gasteiger partial charge in [-0.25, -0.2) is 13.4 Å². The Morgan fingerprint density at radius 3 is 2.56 bits per heavy atom. The third-order valence-electron chi connectivity index (χ3n) is 6.00. The average molecular weight is 480 g/mol. The van der Waals surface area contributed by atoms with Gasteiger partial charge in [-0.2, -0.15) is 0 Å². The van der Waals surface area contributed by atoms with Crippen LogP contribution in [-0.2, 0) is 16.6 Å². The number of aryl methyl sites for hydroxylation is 2. The molecule has 0 spiro atoms. The quantitative estimate of drug-likeness (QED) is 0.486. The number of hydrogen-bond acceptors (Lipinski definition) is 5. The van der Waals surface area contributed by atoms with E-state index < -0.39 is 10.0 Å². The molecule has 0 radical (unpaired) electrons. The van der Waals surface area contributed by atoms with Gasteiger partial charge in [0.25, 0.3) is 15.9 Å². The molecule has 8 heteroatoms. The monoisotopic (exact) mass is 479 g/mol. The zero-order valence-electron chi connectivity index (χ0n) is 19.4. The first-order valence-corrected chi connectivity index (χ1v) is 12.9. The van der Waals surface area contributed by atoms with Crippen molar-refractivity contribution >= 4 is 21.6 Å². The van der Waals surface area contributed by atoms with Gasteiger partial charge in [-0.3, -0.25) is 9.52 Å². The van der Waals surface area contributed by atoms with Crippen LogP contribution in [0.1, 0.15) is 52.7 Å². The molecule has 3 aromatic rings. The van der Waals surface area contributed by atoms with Crippen LogP contribution in [0.2, 0.25) is 0 Å². The van der Waals surface area contributed by atoms with Gasteiger partial charge in [0.05, 0.1) is 10.6 Å². The summed E-state index contributed by atoms with van der Waals surface area (Å²) in [4.78, 5) is 17.2. The number of benzene rings is 2. The van der Waals surface area contributed by atoms with Crippen molar-refractivity contribution in [3.05, 3.63) is 83.0 Å². The Morgan fingerprint density at radius 2 is 1.79 bits per heavy atom. The van der Waals surface area contributed by atoms with Gasteiger partial charge in [-0.1, -0.05) is 24.3 Å². The van der Waals surface area contributed by atoms with Crippen LogP contribution >= 0.6 is 0 Å². The van der Waals surface area contributed by atoms with Crippen LogP contribution < -0.4 is 14.8 Å². The number of ether oxygens (including phenoxy) is 1. The SMILES string of the molecule is Cc1ccccc1NS(=O)(=O)c1ccc(C)c(C(=O)NCc2ccnc(OC3CCCC3)c2)c1. The minimum Gasteiger partial charge on any atom is -0.474 e. The molecule has 1 saturated carbocycles. The zero-order valence-corrected chi connectivity index (χ0v) is 20.2. The molecular formula is C26H29N3O4S. The number of hydrogen-bond donors (Lipinski definition) is 2. The summed E-state index contributed by atoms with van der Waals surface area (Å²) in [7, 11) is -3.85. The van der Waals surface area contributed by atoms with Gasteiger partial charge in [-0.05, 0) is 80.5 Å². The fourth-order valence-corrected chi connectivity index (χ4v) is 5.14. The number of carbonyl (C=O) groups excluding carboxylic acids is 1. The lowest BCUT2D eigenvalue weighted by Crippen LogP contribution is -2.24. The molecule has 2 aromatic carbocycles. The number of nitrogens with zero attached hydrogens (tertiary/aromatic N) is 1. The first kappa shape index (κ1) is 23.8. The molecule has 0 aliphatic heterocycles. The molecular weight excluding hydrogens is 450 g/mol. The van der Waals surface area contributed by atoms with Crippen molar-refractivity contribution in [1.82, 2.24) is 10.3 Å². The Kier molecular flexibility index (Phi) is 7.17. The Bertz CT molecular complexity index is 1280. The third-order valence-corrected chi connectivity index (χ3v) is 7.36. The Morgan fingerprint density at radius 1 is 1.03 bits per heavy atom. The van der Waals surface area contributed by atoms with Crippen LogP contribution in [-0.4, -0.2) is 25.4 Å². The number of sulfonamides is 1. The van der Waals surface area contributed by atoms with Gasteiger partial charge < -0.3 is 10.1 Å². The minimum atomic E-state index is -3.85. The van der Waals surface area contributed by atoms with Gasteiger partial charge in [-0.15, -0.1) is 0 Å². The molecule has 178 valence electrons. The number of anilines is 1. The highest BCUT2D eigenvalue weighted by Crippen LogP contribution is 2.24.